The molecule has 2 aromatic rings. The number of rotatable bonds is 2. The smallest absolute Gasteiger partial charge is 0.408 e. The van der Waals surface area contributed by atoms with E-state index in [0.717, 1.165) is 0 Å². The molecule has 6 heteroatoms. The molecule has 1 aliphatic carbocycles. The lowest BCUT2D eigenvalue weighted by molar-refractivity contribution is -0.118. The summed E-state index contributed by atoms with van der Waals surface area (Å²) >= 11 is 0. The monoisotopic (exact) mass is 233 g/mol. The molecule has 1 heterocycles. The number of benzene rings is 1. The molecule has 0 aliphatic heterocycles. The van der Waals surface area contributed by atoms with Crippen LogP contribution >= 0.6 is 0 Å². The molecular formula is C11H11N3O3. The first-order valence-corrected chi connectivity index (χ1v) is 5.30. The number of nitrogens with two attached hydrogens (primary N) is 1. The Balaban J connectivity index is 1.90. The molecule has 1 saturated carbocycles. The van der Waals surface area contributed by atoms with Crippen molar-refractivity contribution in [3.8, 4) is 0 Å². The Morgan fingerprint density at radius 2 is 2.24 bits per heavy atom. The second-order valence-corrected chi connectivity index (χ2v) is 4.34. The van der Waals surface area contributed by atoms with Gasteiger partial charge in [-0.3, -0.25) is 9.78 Å². The highest BCUT2D eigenvalue weighted by Crippen LogP contribution is 2.33. The van der Waals surface area contributed by atoms with Gasteiger partial charge in [0.05, 0.1) is 11.1 Å². The lowest BCUT2D eigenvalue weighted by Crippen LogP contribution is -2.37. The first-order valence-electron chi connectivity index (χ1n) is 5.30. The third kappa shape index (κ3) is 1.72. The van der Waals surface area contributed by atoms with E-state index in [0.29, 0.717) is 29.6 Å². The number of hydrogen-bond donors (Lipinski definition) is 3. The second-order valence-electron chi connectivity index (χ2n) is 4.34. The van der Waals surface area contributed by atoms with E-state index in [1.807, 2.05) is 0 Å². The first-order chi connectivity index (χ1) is 8.07. The molecule has 0 radical (unpaired) electrons. The van der Waals surface area contributed by atoms with Crippen molar-refractivity contribution in [1.82, 2.24) is 4.98 Å². The van der Waals surface area contributed by atoms with Gasteiger partial charge in [0.1, 0.15) is 0 Å². The van der Waals surface area contributed by atoms with E-state index in [9.17, 15) is 9.59 Å². The minimum Gasteiger partial charge on any atom is -0.408 e. The van der Waals surface area contributed by atoms with Crippen LogP contribution in [-0.2, 0) is 4.79 Å². The summed E-state index contributed by atoms with van der Waals surface area (Å²) < 4.78 is 4.86. The van der Waals surface area contributed by atoms with Crippen LogP contribution in [0.5, 0.6) is 0 Å². The van der Waals surface area contributed by atoms with Gasteiger partial charge in [-0.25, -0.2) is 4.79 Å². The minimum atomic E-state index is -0.710. The Kier molecular flexibility index (Phi) is 1.90. The van der Waals surface area contributed by atoms with Crippen molar-refractivity contribution in [2.75, 3.05) is 5.32 Å². The standard InChI is InChI=1S/C11H11N3O3/c12-11(3-4-11)9(15)13-6-1-2-8-7(5-6)14-10(16)17-8/h1-2,5H,3-4,12H2,(H,13,15)(H,14,16). The summed E-state index contributed by atoms with van der Waals surface area (Å²) in [6, 6.07) is 4.94. The molecule has 17 heavy (non-hydrogen) atoms. The summed E-state index contributed by atoms with van der Waals surface area (Å²) in [5.74, 6) is -0.705. The number of fused-ring (bicyclic) bond motifs is 1. The van der Waals surface area contributed by atoms with E-state index in [4.69, 9.17) is 10.2 Å². The maximum atomic E-state index is 11.7. The molecule has 4 N–H and O–H groups in total. The molecule has 0 atom stereocenters. The molecule has 1 aromatic heterocycles. The van der Waals surface area contributed by atoms with E-state index >= 15 is 0 Å². The molecule has 6 nitrogen and oxygen atoms in total. The van der Waals surface area contributed by atoms with Crippen LogP contribution in [0.4, 0.5) is 5.69 Å². The molecule has 0 saturated heterocycles. The molecular weight excluding hydrogens is 222 g/mol. The summed E-state index contributed by atoms with van der Waals surface area (Å²) in [6.45, 7) is 0. The van der Waals surface area contributed by atoms with Crippen LogP contribution in [0.2, 0.25) is 0 Å². The fourth-order valence-electron chi connectivity index (χ4n) is 1.65. The fraction of sp³-hybridized carbons (Fsp3) is 0.273. The molecule has 0 spiro atoms. The van der Waals surface area contributed by atoms with Gasteiger partial charge in [0.15, 0.2) is 5.58 Å². The van der Waals surface area contributed by atoms with Crippen molar-refractivity contribution in [2.45, 2.75) is 18.4 Å². The van der Waals surface area contributed by atoms with Crippen LogP contribution in [0.3, 0.4) is 0 Å². The lowest BCUT2D eigenvalue weighted by Gasteiger charge is -2.09. The van der Waals surface area contributed by atoms with Crippen molar-refractivity contribution in [1.29, 1.82) is 0 Å². The van der Waals surface area contributed by atoms with Gasteiger partial charge < -0.3 is 15.5 Å². The fourth-order valence-corrected chi connectivity index (χ4v) is 1.65. The van der Waals surface area contributed by atoms with Crippen LogP contribution < -0.4 is 16.8 Å². The number of anilines is 1. The van der Waals surface area contributed by atoms with Crippen LogP contribution in [-0.4, -0.2) is 16.4 Å². The molecule has 1 aliphatic rings. The van der Waals surface area contributed by atoms with E-state index in [1.165, 1.54) is 0 Å². The lowest BCUT2D eigenvalue weighted by atomic mass is 10.2. The second kappa shape index (κ2) is 3.21. The van der Waals surface area contributed by atoms with Gasteiger partial charge in [-0.15, -0.1) is 0 Å². The van der Waals surface area contributed by atoms with Gasteiger partial charge >= 0.3 is 5.76 Å². The maximum Gasteiger partial charge on any atom is 0.417 e. The van der Waals surface area contributed by atoms with Gasteiger partial charge in [-0.2, -0.15) is 0 Å². The van der Waals surface area contributed by atoms with Crippen molar-refractivity contribution in [3.05, 3.63) is 28.7 Å². The largest absolute Gasteiger partial charge is 0.417 e. The molecule has 1 amide bonds. The molecule has 0 unspecified atom stereocenters. The summed E-state index contributed by atoms with van der Waals surface area (Å²) in [6.07, 6.45) is 1.42. The summed E-state index contributed by atoms with van der Waals surface area (Å²) in [7, 11) is 0. The Labute approximate surface area is 95.8 Å². The van der Waals surface area contributed by atoms with E-state index < -0.39 is 11.3 Å². The average Bonchev–Trinajstić information content (AvgIpc) is 2.91. The molecule has 1 fully saturated rings. The Morgan fingerprint density at radius 1 is 1.47 bits per heavy atom. The minimum absolute atomic E-state index is 0.192. The van der Waals surface area contributed by atoms with Crippen molar-refractivity contribution >= 4 is 22.7 Å². The van der Waals surface area contributed by atoms with Gasteiger partial charge in [-0.1, -0.05) is 0 Å². The first kappa shape index (κ1) is 10.1. The van der Waals surface area contributed by atoms with Crippen LogP contribution in [0.25, 0.3) is 11.1 Å². The van der Waals surface area contributed by atoms with Crippen LogP contribution in [0.15, 0.2) is 27.4 Å². The third-order valence-electron chi connectivity index (χ3n) is 2.92. The number of oxazole rings is 1. The molecule has 3 rings (SSSR count). The van der Waals surface area contributed by atoms with E-state index in [1.54, 1.807) is 18.2 Å². The quantitative estimate of drug-likeness (QED) is 0.705. The highest BCUT2D eigenvalue weighted by molar-refractivity contribution is 6.00. The Morgan fingerprint density at radius 3 is 2.94 bits per heavy atom. The number of aromatic amines is 1. The SMILES string of the molecule is NC1(C(=O)Nc2ccc3oc(=O)[nH]c3c2)CC1. The zero-order valence-corrected chi connectivity index (χ0v) is 8.95. The Hall–Kier alpha value is -2.08. The van der Waals surface area contributed by atoms with Crippen LogP contribution in [0, 0.1) is 0 Å². The summed E-state index contributed by atoms with van der Waals surface area (Å²) in [5.41, 5.74) is 6.66. The van der Waals surface area contributed by atoms with Crippen molar-refractivity contribution in [3.63, 3.8) is 0 Å². The molecule has 1 aromatic carbocycles. The zero-order chi connectivity index (χ0) is 12.0. The topological polar surface area (TPSA) is 101 Å². The van der Waals surface area contributed by atoms with E-state index in [2.05, 4.69) is 10.3 Å². The highest BCUT2D eigenvalue weighted by Gasteiger charge is 2.45. The number of aromatic nitrogens is 1. The maximum absolute atomic E-state index is 11.7. The highest BCUT2D eigenvalue weighted by atomic mass is 16.4. The number of hydrogen-bond acceptors (Lipinski definition) is 4. The van der Waals surface area contributed by atoms with Gasteiger partial charge in [0.25, 0.3) is 0 Å². The van der Waals surface area contributed by atoms with Crippen LogP contribution in [0.1, 0.15) is 12.8 Å². The molecule has 88 valence electrons. The summed E-state index contributed by atoms with van der Waals surface area (Å²) in [5, 5.41) is 2.72. The Bertz CT molecular complexity index is 651. The average molecular weight is 233 g/mol. The number of carbonyl (C=O) groups excluding carboxylic acids is 1. The number of nitrogens with one attached hydrogen (secondary N) is 2. The van der Waals surface area contributed by atoms with Gasteiger partial charge in [-0.05, 0) is 31.0 Å². The third-order valence-corrected chi connectivity index (χ3v) is 2.92. The predicted molar refractivity (Wildman–Crippen MR) is 61.6 cm³/mol. The predicted octanol–water partition coefficient (Wildman–Crippen LogP) is 0.551. The number of amides is 1. The summed E-state index contributed by atoms with van der Waals surface area (Å²) in [4.78, 5) is 25.2. The van der Waals surface area contributed by atoms with E-state index in [-0.39, 0.29) is 5.91 Å². The molecule has 0 bridgehead atoms. The van der Waals surface area contributed by atoms with Crippen molar-refractivity contribution < 1.29 is 9.21 Å². The van der Waals surface area contributed by atoms with Crippen molar-refractivity contribution in [2.24, 2.45) is 5.73 Å². The normalized spacial score (nSPS) is 17.0. The van der Waals surface area contributed by atoms with Gasteiger partial charge in [0.2, 0.25) is 5.91 Å². The zero-order valence-electron chi connectivity index (χ0n) is 8.95. The van der Waals surface area contributed by atoms with Gasteiger partial charge in [0, 0.05) is 5.69 Å². The number of H-pyrrole nitrogens is 1. The number of carbonyl (C=O) groups is 1.